The van der Waals surface area contributed by atoms with Gasteiger partial charge in [-0.25, -0.2) is 4.39 Å². The molecule has 0 radical (unpaired) electrons. The van der Waals surface area contributed by atoms with Crippen molar-refractivity contribution in [1.29, 1.82) is 0 Å². The first-order valence-electron chi connectivity index (χ1n) is 7.47. The molecule has 2 unspecified atom stereocenters. The molecule has 1 aromatic carbocycles. The predicted molar refractivity (Wildman–Crippen MR) is 79.6 cm³/mol. The average Bonchev–Trinajstić information content (AvgIpc) is 2.96. The van der Waals surface area contributed by atoms with Crippen LogP contribution in [0.2, 0.25) is 0 Å². The highest BCUT2D eigenvalue weighted by atomic mass is 19.1. The molecule has 1 fully saturated rings. The summed E-state index contributed by atoms with van der Waals surface area (Å²) in [6.07, 6.45) is 2.44. The van der Waals surface area contributed by atoms with E-state index in [2.05, 4.69) is 24.1 Å². The molecule has 0 spiro atoms. The topological polar surface area (TPSA) is 24.5 Å². The van der Waals surface area contributed by atoms with E-state index in [0.717, 1.165) is 19.6 Å². The number of benzene rings is 1. The van der Waals surface area contributed by atoms with Crippen molar-refractivity contribution in [2.24, 2.45) is 0 Å². The maximum absolute atomic E-state index is 14.2. The Labute approximate surface area is 121 Å². The Bertz CT molecular complexity index is 432. The number of likely N-dealkylation sites (N-methyl/N-ethyl adjacent to an activating group) is 1. The summed E-state index contributed by atoms with van der Waals surface area (Å²) in [5.41, 5.74) is 0.662. The lowest BCUT2D eigenvalue weighted by Crippen LogP contribution is -2.39. The van der Waals surface area contributed by atoms with Crippen molar-refractivity contribution >= 4 is 0 Å². The molecule has 4 heteroatoms. The quantitative estimate of drug-likeness (QED) is 0.867. The van der Waals surface area contributed by atoms with E-state index in [0.29, 0.717) is 17.4 Å². The van der Waals surface area contributed by atoms with Gasteiger partial charge in [0.15, 0.2) is 0 Å². The van der Waals surface area contributed by atoms with Crippen molar-refractivity contribution in [1.82, 2.24) is 10.2 Å². The van der Waals surface area contributed by atoms with Crippen molar-refractivity contribution in [3.63, 3.8) is 0 Å². The van der Waals surface area contributed by atoms with E-state index in [1.807, 2.05) is 6.07 Å². The summed E-state index contributed by atoms with van der Waals surface area (Å²) < 4.78 is 19.5. The molecular formula is C16H25FN2O. The Morgan fingerprint density at radius 3 is 2.90 bits per heavy atom. The number of halogens is 1. The van der Waals surface area contributed by atoms with Crippen LogP contribution in [-0.4, -0.2) is 37.7 Å². The van der Waals surface area contributed by atoms with Crippen LogP contribution in [0.4, 0.5) is 4.39 Å². The SMILES string of the molecule is CCN(CC1CCCN1)C(C)c1c(F)cccc1OC. The summed E-state index contributed by atoms with van der Waals surface area (Å²) in [4.78, 5) is 2.31. The van der Waals surface area contributed by atoms with Crippen LogP contribution in [0.3, 0.4) is 0 Å². The van der Waals surface area contributed by atoms with Gasteiger partial charge in [-0.3, -0.25) is 4.90 Å². The zero-order valence-electron chi connectivity index (χ0n) is 12.7. The Morgan fingerprint density at radius 2 is 2.30 bits per heavy atom. The van der Waals surface area contributed by atoms with E-state index in [1.165, 1.54) is 18.9 Å². The molecule has 1 N–H and O–H groups in total. The Kier molecular flexibility index (Phi) is 5.38. The summed E-state index contributed by atoms with van der Waals surface area (Å²) in [5, 5.41) is 3.50. The van der Waals surface area contributed by atoms with Crippen LogP contribution in [-0.2, 0) is 0 Å². The third kappa shape index (κ3) is 3.30. The second-order valence-electron chi connectivity index (χ2n) is 5.41. The molecule has 1 aliphatic heterocycles. The Balaban J connectivity index is 2.16. The zero-order chi connectivity index (χ0) is 14.5. The molecule has 0 bridgehead atoms. The molecule has 112 valence electrons. The molecule has 1 aromatic rings. The van der Waals surface area contributed by atoms with Crippen LogP contribution >= 0.6 is 0 Å². The largest absolute Gasteiger partial charge is 0.496 e. The summed E-state index contributed by atoms with van der Waals surface area (Å²) in [6.45, 7) is 7.13. The molecule has 2 rings (SSSR count). The number of nitrogens with one attached hydrogen (secondary N) is 1. The lowest BCUT2D eigenvalue weighted by Gasteiger charge is -2.31. The van der Waals surface area contributed by atoms with Gasteiger partial charge in [-0.2, -0.15) is 0 Å². The second-order valence-corrected chi connectivity index (χ2v) is 5.41. The van der Waals surface area contributed by atoms with Crippen LogP contribution in [0.15, 0.2) is 18.2 Å². The maximum atomic E-state index is 14.2. The first kappa shape index (κ1) is 15.3. The standard InChI is InChI=1S/C16H25FN2O/c1-4-19(11-13-7-6-10-18-13)12(2)16-14(17)8-5-9-15(16)20-3/h5,8-9,12-13,18H,4,6-7,10-11H2,1-3H3. The zero-order valence-corrected chi connectivity index (χ0v) is 12.7. The fraction of sp³-hybridized carbons (Fsp3) is 0.625. The molecule has 1 saturated heterocycles. The third-order valence-corrected chi connectivity index (χ3v) is 4.22. The smallest absolute Gasteiger partial charge is 0.131 e. The van der Waals surface area contributed by atoms with Crippen LogP contribution in [0.25, 0.3) is 0 Å². The van der Waals surface area contributed by atoms with E-state index in [9.17, 15) is 4.39 Å². The minimum Gasteiger partial charge on any atom is -0.496 e. The molecule has 0 amide bonds. The second kappa shape index (κ2) is 7.04. The summed E-state index contributed by atoms with van der Waals surface area (Å²) in [7, 11) is 1.60. The number of nitrogens with zero attached hydrogens (tertiary/aromatic N) is 1. The molecule has 0 saturated carbocycles. The molecule has 0 aromatic heterocycles. The fourth-order valence-electron chi connectivity index (χ4n) is 3.04. The average molecular weight is 280 g/mol. The highest BCUT2D eigenvalue weighted by molar-refractivity contribution is 5.37. The van der Waals surface area contributed by atoms with Gasteiger partial charge >= 0.3 is 0 Å². The number of ether oxygens (including phenoxy) is 1. The van der Waals surface area contributed by atoms with Crippen LogP contribution in [0, 0.1) is 5.82 Å². The van der Waals surface area contributed by atoms with E-state index < -0.39 is 0 Å². The van der Waals surface area contributed by atoms with Gasteiger partial charge in [-0.1, -0.05) is 13.0 Å². The van der Waals surface area contributed by atoms with Crippen molar-refractivity contribution < 1.29 is 9.13 Å². The van der Waals surface area contributed by atoms with E-state index >= 15 is 0 Å². The van der Waals surface area contributed by atoms with Gasteiger partial charge in [0.2, 0.25) is 0 Å². The summed E-state index contributed by atoms with van der Waals surface area (Å²) in [6, 6.07) is 5.57. The summed E-state index contributed by atoms with van der Waals surface area (Å²) in [5.74, 6) is 0.449. The Hall–Kier alpha value is -1.13. The van der Waals surface area contributed by atoms with Gasteiger partial charge in [-0.15, -0.1) is 0 Å². The van der Waals surface area contributed by atoms with E-state index in [1.54, 1.807) is 13.2 Å². The molecule has 2 atom stereocenters. The molecule has 1 aliphatic rings. The minimum absolute atomic E-state index is 0.0125. The number of methoxy groups -OCH3 is 1. The molecule has 3 nitrogen and oxygen atoms in total. The molecule has 1 heterocycles. The first-order valence-corrected chi connectivity index (χ1v) is 7.47. The Morgan fingerprint density at radius 1 is 1.50 bits per heavy atom. The van der Waals surface area contributed by atoms with Gasteiger partial charge < -0.3 is 10.1 Å². The van der Waals surface area contributed by atoms with Gasteiger partial charge in [0.25, 0.3) is 0 Å². The van der Waals surface area contributed by atoms with Crippen molar-refractivity contribution in [3.8, 4) is 5.75 Å². The lowest BCUT2D eigenvalue weighted by atomic mass is 10.0. The minimum atomic E-state index is -0.185. The van der Waals surface area contributed by atoms with E-state index in [-0.39, 0.29) is 11.9 Å². The number of rotatable bonds is 6. The van der Waals surface area contributed by atoms with Gasteiger partial charge in [0.1, 0.15) is 11.6 Å². The predicted octanol–water partition coefficient (Wildman–Crippen LogP) is 2.97. The fourth-order valence-corrected chi connectivity index (χ4v) is 3.04. The van der Waals surface area contributed by atoms with Gasteiger partial charge in [-0.05, 0) is 45.0 Å². The van der Waals surface area contributed by atoms with Crippen LogP contribution < -0.4 is 10.1 Å². The van der Waals surface area contributed by atoms with Crippen molar-refractivity contribution in [3.05, 3.63) is 29.6 Å². The number of hydrogen-bond donors (Lipinski definition) is 1. The third-order valence-electron chi connectivity index (χ3n) is 4.22. The van der Waals surface area contributed by atoms with Crippen molar-refractivity contribution in [2.45, 2.75) is 38.8 Å². The van der Waals surface area contributed by atoms with Crippen LogP contribution in [0.5, 0.6) is 5.75 Å². The highest BCUT2D eigenvalue weighted by Gasteiger charge is 2.25. The van der Waals surface area contributed by atoms with Gasteiger partial charge in [0, 0.05) is 24.2 Å². The normalized spacial score (nSPS) is 20.4. The first-order chi connectivity index (χ1) is 9.67. The maximum Gasteiger partial charge on any atom is 0.131 e. The monoisotopic (exact) mass is 280 g/mol. The number of hydrogen-bond acceptors (Lipinski definition) is 3. The molecular weight excluding hydrogens is 255 g/mol. The lowest BCUT2D eigenvalue weighted by molar-refractivity contribution is 0.195. The van der Waals surface area contributed by atoms with Crippen molar-refractivity contribution in [2.75, 3.05) is 26.7 Å². The van der Waals surface area contributed by atoms with Gasteiger partial charge in [0.05, 0.1) is 7.11 Å². The van der Waals surface area contributed by atoms with E-state index in [4.69, 9.17) is 4.74 Å². The summed E-state index contributed by atoms with van der Waals surface area (Å²) >= 11 is 0. The molecule has 20 heavy (non-hydrogen) atoms. The molecule has 0 aliphatic carbocycles. The highest BCUT2D eigenvalue weighted by Crippen LogP contribution is 2.31. The van der Waals surface area contributed by atoms with Crippen LogP contribution in [0.1, 0.15) is 38.3 Å².